The van der Waals surface area contributed by atoms with Crippen LogP contribution in [0.3, 0.4) is 0 Å². The molecule has 4 rings (SSSR count). The second kappa shape index (κ2) is 6.68. The summed E-state index contributed by atoms with van der Waals surface area (Å²) in [6.45, 7) is 0. The van der Waals surface area contributed by atoms with Crippen molar-refractivity contribution < 1.29 is 0 Å². The van der Waals surface area contributed by atoms with Crippen molar-refractivity contribution in [2.24, 2.45) is 0 Å². The summed E-state index contributed by atoms with van der Waals surface area (Å²) in [7, 11) is 0. The van der Waals surface area contributed by atoms with Gasteiger partial charge in [-0.15, -0.1) is 5.10 Å². The molecule has 0 aliphatic carbocycles. The SMILES string of the molecule is O=c1/c(=C/c2ccc(I)cc2)sc2nc(-c3ccc(Cl)cc3Cl)nn12. The van der Waals surface area contributed by atoms with Gasteiger partial charge in [0.2, 0.25) is 4.96 Å². The molecule has 4 aromatic rings. The Morgan fingerprint density at radius 2 is 1.88 bits per heavy atom. The molecular formula is C17H8Cl2IN3OS. The van der Waals surface area contributed by atoms with E-state index in [0.29, 0.717) is 30.9 Å². The summed E-state index contributed by atoms with van der Waals surface area (Å²) < 4.78 is 3.04. The molecule has 0 unspecified atom stereocenters. The highest BCUT2D eigenvalue weighted by Gasteiger charge is 2.14. The molecular weight excluding hydrogens is 492 g/mol. The smallest absolute Gasteiger partial charge is 0.266 e. The molecule has 0 fully saturated rings. The summed E-state index contributed by atoms with van der Waals surface area (Å²) in [5.41, 5.74) is 1.41. The fourth-order valence-corrected chi connectivity index (χ4v) is 4.09. The van der Waals surface area contributed by atoms with Gasteiger partial charge in [0, 0.05) is 14.2 Å². The number of rotatable bonds is 2. The number of halogens is 3. The molecule has 0 aliphatic heterocycles. The van der Waals surface area contributed by atoms with E-state index in [1.165, 1.54) is 15.9 Å². The quantitative estimate of drug-likeness (QED) is 0.387. The van der Waals surface area contributed by atoms with Crippen LogP contribution in [0.4, 0.5) is 0 Å². The average molecular weight is 500 g/mol. The molecule has 8 heteroatoms. The van der Waals surface area contributed by atoms with E-state index in [1.807, 2.05) is 30.3 Å². The van der Waals surface area contributed by atoms with Crippen LogP contribution in [0.25, 0.3) is 22.4 Å². The number of nitrogens with zero attached hydrogens (tertiary/aromatic N) is 3. The van der Waals surface area contributed by atoms with Gasteiger partial charge in [-0.1, -0.05) is 46.7 Å². The number of hydrogen-bond donors (Lipinski definition) is 0. The Balaban J connectivity index is 1.82. The van der Waals surface area contributed by atoms with Crippen molar-refractivity contribution >= 4 is 68.2 Å². The highest BCUT2D eigenvalue weighted by atomic mass is 127. The Bertz CT molecular complexity index is 1200. The zero-order chi connectivity index (χ0) is 17.6. The minimum absolute atomic E-state index is 0.192. The maximum Gasteiger partial charge on any atom is 0.291 e. The summed E-state index contributed by atoms with van der Waals surface area (Å²) in [6.07, 6.45) is 1.84. The molecule has 0 saturated carbocycles. The summed E-state index contributed by atoms with van der Waals surface area (Å²) >= 11 is 15.6. The first-order valence-electron chi connectivity index (χ1n) is 7.13. The number of aromatic nitrogens is 3. The topological polar surface area (TPSA) is 47.3 Å². The van der Waals surface area contributed by atoms with E-state index in [4.69, 9.17) is 23.2 Å². The van der Waals surface area contributed by atoms with E-state index >= 15 is 0 Å². The first kappa shape index (κ1) is 17.0. The van der Waals surface area contributed by atoms with E-state index in [1.54, 1.807) is 18.2 Å². The average Bonchev–Trinajstić information content (AvgIpc) is 3.10. The third-order valence-electron chi connectivity index (χ3n) is 3.52. The Morgan fingerprint density at radius 1 is 1.12 bits per heavy atom. The predicted octanol–water partition coefficient (Wildman–Crippen LogP) is 4.28. The molecule has 0 saturated heterocycles. The summed E-state index contributed by atoms with van der Waals surface area (Å²) in [5, 5.41) is 5.29. The van der Waals surface area contributed by atoms with Gasteiger partial charge in [0.1, 0.15) is 0 Å². The molecule has 0 radical (unpaired) electrons. The molecule has 4 nitrogen and oxygen atoms in total. The van der Waals surface area contributed by atoms with Crippen LogP contribution in [0.15, 0.2) is 47.3 Å². The summed E-state index contributed by atoms with van der Waals surface area (Å²) in [5.74, 6) is 0.408. The molecule has 2 aromatic heterocycles. The minimum atomic E-state index is -0.192. The monoisotopic (exact) mass is 499 g/mol. The Morgan fingerprint density at radius 3 is 2.56 bits per heavy atom. The standard InChI is InChI=1S/C17H8Cl2IN3OS/c18-10-3-6-12(13(19)8-10)15-21-17-23(22-15)16(24)14(25-17)7-9-1-4-11(20)5-2-9/h1-8H/b14-7-. The van der Waals surface area contributed by atoms with Crippen molar-refractivity contribution in [1.29, 1.82) is 0 Å². The fourth-order valence-electron chi connectivity index (χ4n) is 2.33. The zero-order valence-electron chi connectivity index (χ0n) is 12.4. The molecule has 124 valence electrons. The van der Waals surface area contributed by atoms with Gasteiger partial charge >= 0.3 is 0 Å². The molecule has 2 heterocycles. The van der Waals surface area contributed by atoms with Gasteiger partial charge in [-0.3, -0.25) is 4.79 Å². The van der Waals surface area contributed by atoms with Gasteiger partial charge in [-0.25, -0.2) is 0 Å². The normalized spacial score (nSPS) is 12.2. The second-order valence-electron chi connectivity index (χ2n) is 5.22. The van der Waals surface area contributed by atoms with E-state index in [0.717, 1.165) is 9.13 Å². The number of benzene rings is 2. The van der Waals surface area contributed by atoms with Crippen molar-refractivity contribution in [1.82, 2.24) is 14.6 Å². The molecule has 0 bridgehead atoms. The molecule has 2 aromatic carbocycles. The third-order valence-corrected chi connectivity index (χ3v) is 5.75. The lowest BCUT2D eigenvalue weighted by Gasteiger charge is -1.98. The first-order valence-corrected chi connectivity index (χ1v) is 9.79. The lowest BCUT2D eigenvalue weighted by Crippen LogP contribution is -2.23. The Labute approximate surface area is 169 Å². The zero-order valence-corrected chi connectivity index (χ0v) is 16.9. The van der Waals surface area contributed by atoms with Gasteiger partial charge in [0.25, 0.3) is 5.56 Å². The van der Waals surface area contributed by atoms with Crippen molar-refractivity contribution in [2.45, 2.75) is 0 Å². The molecule has 0 amide bonds. The Kier molecular flexibility index (Phi) is 4.53. The molecule has 0 N–H and O–H groups in total. The van der Waals surface area contributed by atoms with E-state index < -0.39 is 0 Å². The number of fused-ring (bicyclic) bond motifs is 1. The van der Waals surface area contributed by atoms with Crippen LogP contribution in [0.5, 0.6) is 0 Å². The maximum absolute atomic E-state index is 12.6. The highest BCUT2D eigenvalue weighted by molar-refractivity contribution is 14.1. The number of hydrogen-bond acceptors (Lipinski definition) is 4. The molecule has 0 spiro atoms. The van der Waals surface area contributed by atoms with Gasteiger partial charge in [-0.05, 0) is 64.6 Å². The van der Waals surface area contributed by atoms with Crippen molar-refractivity contribution in [2.75, 3.05) is 0 Å². The van der Waals surface area contributed by atoms with Crippen molar-refractivity contribution in [3.63, 3.8) is 0 Å². The molecule has 0 aliphatic rings. The van der Waals surface area contributed by atoms with Crippen LogP contribution in [0.2, 0.25) is 10.0 Å². The summed E-state index contributed by atoms with van der Waals surface area (Å²) in [4.78, 5) is 17.5. The Hall–Kier alpha value is -1.48. The van der Waals surface area contributed by atoms with E-state index in [9.17, 15) is 4.79 Å². The van der Waals surface area contributed by atoms with Crippen LogP contribution in [-0.2, 0) is 0 Å². The number of thiazole rings is 1. The first-order chi connectivity index (χ1) is 12.0. The molecule has 25 heavy (non-hydrogen) atoms. The largest absolute Gasteiger partial charge is 0.291 e. The highest BCUT2D eigenvalue weighted by Crippen LogP contribution is 2.28. The second-order valence-corrected chi connectivity index (χ2v) is 8.32. The lowest BCUT2D eigenvalue weighted by molar-refractivity contribution is 0.937. The van der Waals surface area contributed by atoms with Crippen LogP contribution in [0, 0.1) is 3.57 Å². The van der Waals surface area contributed by atoms with Crippen LogP contribution >= 0.6 is 57.1 Å². The van der Waals surface area contributed by atoms with Gasteiger partial charge < -0.3 is 0 Å². The van der Waals surface area contributed by atoms with Gasteiger partial charge in [0.15, 0.2) is 5.82 Å². The van der Waals surface area contributed by atoms with Crippen LogP contribution in [0.1, 0.15) is 5.56 Å². The van der Waals surface area contributed by atoms with E-state index in [2.05, 4.69) is 32.7 Å². The van der Waals surface area contributed by atoms with E-state index in [-0.39, 0.29) is 5.56 Å². The van der Waals surface area contributed by atoms with Crippen LogP contribution < -0.4 is 10.1 Å². The van der Waals surface area contributed by atoms with Crippen molar-refractivity contribution in [3.8, 4) is 11.4 Å². The minimum Gasteiger partial charge on any atom is -0.266 e. The third kappa shape index (κ3) is 3.31. The van der Waals surface area contributed by atoms with Crippen LogP contribution in [-0.4, -0.2) is 14.6 Å². The lowest BCUT2D eigenvalue weighted by atomic mass is 10.2. The maximum atomic E-state index is 12.6. The van der Waals surface area contributed by atoms with Gasteiger partial charge in [-0.2, -0.15) is 9.50 Å². The van der Waals surface area contributed by atoms with Crippen molar-refractivity contribution in [3.05, 3.63) is 76.5 Å². The van der Waals surface area contributed by atoms with Gasteiger partial charge in [0.05, 0.1) is 9.55 Å². The predicted molar refractivity (Wildman–Crippen MR) is 111 cm³/mol. The fraction of sp³-hybridized carbons (Fsp3) is 0. The summed E-state index contributed by atoms with van der Waals surface area (Å²) in [6, 6.07) is 13.0. The molecule has 0 atom stereocenters.